The van der Waals surface area contributed by atoms with Gasteiger partial charge in [-0.05, 0) is 54.2 Å². The highest BCUT2D eigenvalue weighted by Gasteiger charge is 2.08. The average molecular weight is 403 g/mol. The zero-order valence-electron chi connectivity index (χ0n) is 16.9. The first kappa shape index (κ1) is 21.1. The topological polar surface area (TPSA) is 75.6 Å². The van der Waals surface area contributed by atoms with E-state index in [1.165, 1.54) is 6.92 Å². The first-order valence-corrected chi connectivity index (χ1v) is 9.91. The zero-order valence-corrected chi connectivity index (χ0v) is 16.9. The number of carbonyl (C=O) groups excluding carboxylic acids is 1. The smallest absolute Gasteiger partial charge is 0.335 e. The molecule has 3 rings (SSSR count). The molecule has 0 fully saturated rings. The van der Waals surface area contributed by atoms with Gasteiger partial charge in [-0.25, -0.2) is 4.79 Å². The van der Waals surface area contributed by atoms with Crippen molar-refractivity contribution in [2.45, 2.75) is 32.8 Å². The number of anilines is 1. The Labute approximate surface area is 176 Å². The molecule has 30 heavy (non-hydrogen) atoms. The lowest BCUT2D eigenvalue weighted by atomic mass is 10.0. The number of carbonyl (C=O) groups is 2. The van der Waals surface area contributed by atoms with Gasteiger partial charge >= 0.3 is 5.97 Å². The van der Waals surface area contributed by atoms with Gasteiger partial charge in [-0.2, -0.15) is 0 Å². The number of carboxylic acids is 1. The second-order valence-electron chi connectivity index (χ2n) is 7.13. The molecule has 1 amide bonds. The summed E-state index contributed by atoms with van der Waals surface area (Å²) in [5.41, 5.74) is 4.25. The van der Waals surface area contributed by atoms with Crippen LogP contribution in [-0.2, 0) is 24.2 Å². The van der Waals surface area contributed by atoms with Gasteiger partial charge < -0.3 is 15.2 Å². The standard InChI is InChI=1S/C25H25NO4/c1-18(27)26-23-15-14-21(24(16-23)30-17-20-6-3-2-4-7-20)9-5-8-19-10-12-22(13-11-19)25(28)29/h2-4,6-7,10-16H,5,8-9,17H2,1H3,(H,26,27)(H,28,29). The van der Waals surface area contributed by atoms with Gasteiger partial charge in [0.15, 0.2) is 0 Å². The quantitative estimate of drug-likeness (QED) is 0.521. The summed E-state index contributed by atoms with van der Waals surface area (Å²) >= 11 is 0. The van der Waals surface area contributed by atoms with Crippen molar-refractivity contribution in [2.75, 3.05) is 5.32 Å². The molecule has 0 unspecified atom stereocenters. The van der Waals surface area contributed by atoms with Crippen molar-refractivity contribution in [3.05, 3.63) is 95.1 Å². The fourth-order valence-corrected chi connectivity index (χ4v) is 3.21. The Bertz CT molecular complexity index is 997. The van der Waals surface area contributed by atoms with Gasteiger partial charge in [0.25, 0.3) is 0 Å². The third-order valence-corrected chi connectivity index (χ3v) is 4.74. The van der Waals surface area contributed by atoms with Gasteiger partial charge in [-0.15, -0.1) is 0 Å². The van der Waals surface area contributed by atoms with Crippen LogP contribution in [0.25, 0.3) is 0 Å². The number of hydrogen-bond donors (Lipinski definition) is 2. The Balaban J connectivity index is 1.67. The molecule has 0 aliphatic heterocycles. The van der Waals surface area contributed by atoms with Gasteiger partial charge in [0.2, 0.25) is 5.91 Å². The van der Waals surface area contributed by atoms with E-state index in [-0.39, 0.29) is 5.91 Å². The first-order valence-electron chi connectivity index (χ1n) is 9.91. The van der Waals surface area contributed by atoms with Crippen LogP contribution in [0.5, 0.6) is 5.75 Å². The third kappa shape index (κ3) is 6.21. The molecule has 5 heteroatoms. The molecule has 0 aliphatic rings. The highest BCUT2D eigenvalue weighted by molar-refractivity contribution is 5.89. The minimum absolute atomic E-state index is 0.124. The fraction of sp³-hybridized carbons (Fsp3) is 0.200. The highest BCUT2D eigenvalue weighted by Crippen LogP contribution is 2.26. The van der Waals surface area contributed by atoms with E-state index in [1.54, 1.807) is 12.1 Å². The number of aromatic carboxylic acids is 1. The second kappa shape index (κ2) is 10.3. The molecule has 0 bridgehead atoms. The molecule has 0 aliphatic carbocycles. The summed E-state index contributed by atoms with van der Waals surface area (Å²) in [7, 11) is 0. The number of hydrogen-bond acceptors (Lipinski definition) is 3. The van der Waals surface area contributed by atoms with Crippen LogP contribution >= 0.6 is 0 Å². The molecule has 2 N–H and O–H groups in total. The lowest BCUT2D eigenvalue weighted by Crippen LogP contribution is -2.07. The van der Waals surface area contributed by atoms with Crippen LogP contribution in [0.2, 0.25) is 0 Å². The maximum atomic E-state index is 11.4. The Hall–Kier alpha value is -3.60. The van der Waals surface area contributed by atoms with Crippen molar-refractivity contribution in [3.63, 3.8) is 0 Å². The predicted octanol–water partition coefficient (Wildman–Crippen LogP) is 5.10. The Morgan fingerprint density at radius 1 is 0.900 bits per heavy atom. The predicted molar refractivity (Wildman–Crippen MR) is 117 cm³/mol. The van der Waals surface area contributed by atoms with E-state index >= 15 is 0 Å². The molecular weight excluding hydrogens is 378 g/mol. The third-order valence-electron chi connectivity index (χ3n) is 4.74. The fourth-order valence-electron chi connectivity index (χ4n) is 3.21. The van der Waals surface area contributed by atoms with E-state index in [0.717, 1.165) is 41.7 Å². The van der Waals surface area contributed by atoms with Crippen LogP contribution in [0.3, 0.4) is 0 Å². The second-order valence-corrected chi connectivity index (χ2v) is 7.13. The summed E-state index contributed by atoms with van der Waals surface area (Å²) < 4.78 is 6.07. The molecule has 0 heterocycles. The SMILES string of the molecule is CC(=O)Nc1ccc(CCCc2ccc(C(=O)O)cc2)c(OCc2ccccc2)c1. The summed E-state index contributed by atoms with van der Waals surface area (Å²) in [5.74, 6) is -0.283. The van der Waals surface area contributed by atoms with Crippen LogP contribution in [0.15, 0.2) is 72.8 Å². The number of rotatable bonds is 9. The van der Waals surface area contributed by atoms with Crippen molar-refractivity contribution in [1.29, 1.82) is 0 Å². The Morgan fingerprint density at radius 2 is 1.63 bits per heavy atom. The van der Waals surface area contributed by atoms with Crippen LogP contribution in [-0.4, -0.2) is 17.0 Å². The lowest BCUT2D eigenvalue weighted by molar-refractivity contribution is -0.114. The Kier molecular flexibility index (Phi) is 7.22. The first-order chi connectivity index (χ1) is 14.5. The van der Waals surface area contributed by atoms with E-state index in [2.05, 4.69) is 5.32 Å². The van der Waals surface area contributed by atoms with Gasteiger partial charge in [-0.3, -0.25) is 4.79 Å². The Morgan fingerprint density at radius 3 is 2.30 bits per heavy atom. The molecular formula is C25H25NO4. The van der Waals surface area contributed by atoms with Gasteiger partial charge in [0.1, 0.15) is 12.4 Å². The summed E-state index contributed by atoms with van der Waals surface area (Å²) in [5, 5.41) is 11.8. The molecule has 5 nitrogen and oxygen atoms in total. The maximum absolute atomic E-state index is 11.4. The minimum atomic E-state index is -0.916. The summed E-state index contributed by atoms with van der Waals surface area (Å²) in [6.07, 6.45) is 2.55. The van der Waals surface area contributed by atoms with E-state index in [0.29, 0.717) is 17.9 Å². The van der Waals surface area contributed by atoms with E-state index in [4.69, 9.17) is 9.84 Å². The van der Waals surface area contributed by atoms with Crippen LogP contribution in [0.4, 0.5) is 5.69 Å². The van der Waals surface area contributed by atoms with Gasteiger partial charge in [0, 0.05) is 18.7 Å². The van der Waals surface area contributed by atoms with E-state index < -0.39 is 5.97 Å². The summed E-state index contributed by atoms with van der Waals surface area (Å²) in [6, 6.07) is 22.7. The molecule has 0 saturated carbocycles. The molecule has 0 atom stereocenters. The van der Waals surface area contributed by atoms with Crippen LogP contribution in [0.1, 0.15) is 40.4 Å². The van der Waals surface area contributed by atoms with E-state index in [9.17, 15) is 9.59 Å². The number of ether oxygens (including phenoxy) is 1. The number of nitrogens with one attached hydrogen (secondary N) is 1. The normalized spacial score (nSPS) is 10.4. The molecule has 0 spiro atoms. The molecule has 0 saturated heterocycles. The molecule has 0 radical (unpaired) electrons. The van der Waals surface area contributed by atoms with Crippen molar-refractivity contribution in [1.82, 2.24) is 0 Å². The molecule has 3 aromatic rings. The summed E-state index contributed by atoms with van der Waals surface area (Å²) in [4.78, 5) is 22.4. The average Bonchev–Trinajstić information content (AvgIpc) is 2.74. The number of amides is 1. The minimum Gasteiger partial charge on any atom is -0.489 e. The number of aryl methyl sites for hydroxylation is 2. The van der Waals surface area contributed by atoms with Crippen molar-refractivity contribution >= 4 is 17.6 Å². The number of carboxylic acid groups (broad SMARTS) is 1. The lowest BCUT2D eigenvalue weighted by Gasteiger charge is -2.14. The van der Waals surface area contributed by atoms with Gasteiger partial charge in [0.05, 0.1) is 5.56 Å². The zero-order chi connectivity index (χ0) is 21.3. The van der Waals surface area contributed by atoms with Crippen molar-refractivity contribution < 1.29 is 19.4 Å². The molecule has 3 aromatic carbocycles. The number of benzene rings is 3. The van der Waals surface area contributed by atoms with Crippen LogP contribution < -0.4 is 10.1 Å². The largest absolute Gasteiger partial charge is 0.489 e. The van der Waals surface area contributed by atoms with Gasteiger partial charge in [-0.1, -0.05) is 48.5 Å². The maximum Gasteiger partial charge on any atom is 0.335 e. The van der Waals surface area contributed by atoms with Crippen molar-refractivity contribution in [3.8, 4) is 5.75 Å². The van der Waals surface area contributed by atoms with E-state index in [1.807, 2.05) is 60.7 Å². The highest BCUT2D eigenvalue weighted by atomic mass is 16.5. The van der Waals surface area contributed by atoms with Crippen molar-refractivity contribution in [2.24, 2.45) is 0 Å². The molecule has 154 valence electrons. The summed E-state index contributed by atoms with van der Waals surface area (Å²) in [6.45, 7) is 1.93. The monoisotopic (exact) mass is 403 g/mol. The van der Waals surface area contributed by atoms with Crippen LogP contribution in [0, 0.1) is 0 Å². The molecule has 0 aromatic heterocycles.